The zero-order valence-corrected chi connectivity index (χ0v) is 9.40. The fraction of sp³-hybridized carbons (Fsp3) is 0.636. The van der Waals surface area contributed by atoms with Crippen LogP contribution in [-0.2, 0) is 11.3 Å². The van der Waals surface area contributed by atoms with Gasteiger partial charge in [-0.25, -0.2) is 4.98 Å². The molecule has 0 aliphatic carbocycles. The van der Waals surface area contributed by atoms with Crippen molar-refractivity contribution in [2.24, 2.45) is 0 Å². The van der Waals surface area contributed by atoms with Crippen molar-refractivity contribution in [1.82, 2.24) is 4.98 Å². The number of nitrogens with zero attached hydrogens (tertiary/aromatic N) is 2. The van der Waals surface area contributed by atoms with Crippen molar-refractivity contribution in [2.75, 3.05) is 6.61 Å². The minimum atomic E-state index is 0.423. The van der Waals surface area contributed by atoms with E-state index in [1.807, 2.05) is 0 Å². The third kappa shape index (κ3) is 4.25. The normalized spacial score (nSPS) is 10.5. The Balaban J connectivity index is 2.28. The minimum Gasteiger partial charge on any atom is -0.618 e. The van der Waals surface area contributed by atoms with E-state index in [-0.39, 0.29) is 0 Å². The van der Waals surface area contributed by atoms with Crippen LogP contribution < -0.4 is 4.73 Å². The zero-order valence-electron chi connectivity index (χ0n) is 9.40. The van der Waals surface area contributed by atoms with Gasteiger partial charge >= 0.3 is 0 Å². The maximum Gasteiger partial charge on any atom is 0.207 e. The third-order valence-corrected chi connectivity index (χ3v) is 2.17. The molecule has 0 saturated heterocycles. The van der Waals surface area contributed by atoms with Crippen LogP contribution in [0, 0.1) is 12.1 Å². The van der Waals surface area contributed by atoms with Crippen LogP contribution in [-0.4, -0.2) is 11.6 Å². The van der Waals surface area contributed by atoms with Gasteiger partial charge in [-0.2, -0.15) is 4.73 Å². The van der Waals surface area contributed by atoms with Gasteiger partial charge in [0.2, 0.25) is 11.9 Å². The van der Waals surface area contributed by atoms with Gasteiger partial charge in [0.25, 0.3) is 0 Å². The summed E-state index contributed by atoms with van der Waals surface area (Å²) in [6.45, 7) is 5.04. The van der Waals surface area contributed by atoms with Crippen LogP contribution >= 0.6 is 0 Å². The number of hydrogen-bond acceptors (Lipinski definition) is 3. The Morgan fingerprint density at radius 2 is 2.27 bits per heavy atom. The molecule has 0 atom stereocenters. The van der Waals surface area contributed by atoms with Crippen LogP contribution in [0.2, 0.25) is 0 Å². The minimum absolute atomic E-state index is 0.423. The molecule has 0 aliphatic heterocycles. The first kappa shape index (κ1) is 11.9. The highest BCUT2D eigenvalue weighted by Crippen LogP contribution is 1.98. The number of hydrogen-bond donors (Lipinski definition) is 0. The molecule has 0 bridgehead atoms. The maximum absolute atomic E-state index is 11.2. The van der Waals surface area contributed by atoms with Gasteiger partial charge in [-0.1, -0.05) is 19.8 Å². The Bertz CT molecular complexity index is 303. The fourth-order valence-electron chi connectivity index (χ4n) is 1.21. The van der Waals surface area contributed by atoms with Crippen LogP contribution in [0.5, 0.6) is 0 Å². The van der Waals surface area contributed by atoms with Crippen molar-refractivity contribution in [3.05, 3.63) is 29.0 Å². The van der Waals surface area contributed by atoms with Crippen LogP contribution in [0.3, 0.4) is 0 Å². The zero-order chi connectivity index (χ0) is 11.1. The van der Waals surface area contributed by atoms with Gasteiger partial charge in [-0.3, -0.25) is 0 Å². The summed E-state index contributed by atoms with van der Waals surface area (Å²) in [7, 11) is 0. The van der Waals surface area contributed by atoms with Gasteiger partial charge < -0.3 is 9.94 Å². The average molecular weight is 210 g/mol. The summed E-state index contributed by atoms with van der Waals surface area (Å²) in [5.41, 5.74) is 1.29. The second-order valence-electron chi connectivity index (χ2n) is 3.61. The molecule has 1 aromatic rings. The molecule has 0 spiro atoms. The summed E-state index contributed by atoms with van der Waals surface area (Å²) >= 11 is 0. The summed E-state index contributed by atoms with van der Waals surface area (Å²) in [5.74, 6) is 0. The van der Waals surface area contributed by atoms with Gasteiger partial charge in [0.1, 0.15) is 5.69 Å². The summed E-state index contributed by atoms with van der Waals surface area (Å²) in [6.07, 6.45) is 6.47. The number of aromatic nitrogens is 2. The topological polar surface area (TPSA) is 49.1 Å². The summed E-state index contributed by atoms with van der Waals surface area (Å²) in [5, 5.41) is 11.2. The summed E-state index contributed by atoms with van der Waals surface area (Å²) in [6, 6.07) is 0. The molecule has 0 radical (unpaired) electrons. The van der Waals surface area contributed by atoms with Crippen LogP contribution in [0.4, 0.5) is 0 Å². The first-order chi connectivity index (χ1) is 7.24. The van der Waals surface area contributed by atoms with E-state index in [1.54, 1.807) is 13.1 Å². The van der Waals surface area contributed by atoms with E-state index in [4.69, 9.17) is 4.74 Å². The predicted molar refractivity (Wildman–Crippen MR) is 57.1 cm³/mol. The lowest BCUT2D eigenvalue weighted by molar-refractivity contribution is -0.613. The highest BCUT2D eigenvalue weighted by atomic mass is 16.5. The lowest BCUT2D eigenvalue weighted by Gasteiger charge is -2.04. The fourth-order valence-corrected chi connectivity index (χ4v) is 1.21. The van der Waals surface area contributed by atoms with Gasteiger partial charge in [0.05, 0.1) is 12.8 Å². The van der Waals surface area contributed by atoms with E-state index in [0.29, 0.717) is 18.0 Å². The number of rotatable bonds is 6. The monoisotopic (exact) mass is 210 g/mol. The van der Waals surface area contributed by atoms with E-state index in [2.05, 4.69) is 11.9 Å². The smallest absolute Gasteiger partial charge is 0.207 e. The van der Waals surface area contributed by atoms with Gasteiger partial charge in [0.15, 0.2) is 0 Å². The van der Waals surface area contributed by atoms with Crippen LogP contribution in [0.1, 0.15) is 37.6 Å². The number of aryl methyl sites for hydroxylation is 1. The van der Waals surface area contributed by atoms with Crippen LogP contribution in [0.15, 0.2) is 12.4 Å². The lowest BCUT2D eigenvalue weighted by Crippen LogP contribution is -2.30. The van der Waals surface area contributed by atoms with Crippen molar-refractivity contribution >= 4 is 0 Å². The standard InChI is InChI=1S/C11H18N2O2/c1-3-4-5-6-15-9-11-8-13(14)10(2)7-12-11/h7-8H,3-6,9H2,1-2H3. The van der Waals surface area contributed by atoms with Crippen LogP contribution in [0.25, 0.3) is 0 Å². The van der Waals surface area contributed by atoms with E-state index in [1.165, 1.54) is 19.0 Å². The first-order valence-corrected chi connectivity index (χ1v) is 5.36. The molecule has 0 N–H and O–H groups in total. The Morgan fingerprint density at radius 3 is 2.93 bits per heavy atom. The van der Waals surface area contributed by atoms with Crippen molar-refractivity contribution < 1.29 is 9.47 Å². The van der Waals surface area contributed by atoms with Gasteiger partial charge in [0, 0.05) is 13.5 Å². The third-order valence-electron chi connectivity index (χ3n) is 2.17. The number of ether oxygens (including phenoxy) is 1. The Labute approximate surface area is 90.5 Å². The molecule has 0 fully saturated rings. The molecular formula is C11H18N2O2. The highest BCUT2D eigenvalue weighted by molar-refractivity contribution is 4.93. The molecule has 0 aliphatic rings. The Hall–Kier alpha value is -1.16. The molecule has 0 unspecified atom stereocenters. The van der Waals surface area contributed by atoms with Crippen molar-refractivity contribution in [3.8, 4) is 0 Å². The molecule has 15 heavy (non-hydrogen) atoms. The molecule has 0 amide bonds. The average Bonchev–Trinajstić information content (AvgIpc) is 2.23. The van der Waals surface area contributed by atoms with E-state index in [0.717, 1.165) is 17.8 Å². The summed E-state index contributed by atoms with van der Waals surface area (Å²) in [4.78, 5) is 4.11. The van der Waals surface area contributed by atoms with Crippen molar-refractivity contribution in [1.29, 1.82) is 0 Å². The molecule has 84 valence electrons. The molecule has 0 aromatic carbocycles. The SMILES string of the molecule is CCCCCOCc1c[n+]([O-])c(C)cn1. The van der Waals surface area contributed by atoms with Gasteiger partial charge in [-0.15, -0.1) is 0 Å². The van der Waals surface area contributed by atoms with E-state index >= 15 is 0 Å². The highest BCUT2D eigenvalue weighted by Gasteiger charge is 2.02. The Kier molecular flexibility index (Phi) is 5.04. The molecule has 1 rings (SSSR count). The molecule has 4 nitrogen and oxygen atoms in total. The second-order valence-corrected chi connectivity index (χ2v) is 3.61. The van der Waals surface area contributed by atoms with Gasteiger partial charge in [-0.05, 0) is 6.42 Å². The van der Waals surface area contributed by atoms with Crippen molar-refractivity contribution in [2.45, 2.75) is 39.7 Å². The maximum atomic E-state index is 11.2. The van der Waals surface area contributed by atoms with Crippen molar-refractivity contribution in [3.63, 3.8) is 0 Å². The molecule has 4 heteroatoms. The van der Waals surface area contributed by atoms with E-state index < -0.39 is 0 Å². The lowest BCUT2D eigenvalue weighted by atomic mass is 10.3. The molecule has 1 heterocycles. The Morgan fingerprint density at radius 1 is 1.47 bits per heavy atom. The predicted octanol–water partition coefficient (Wildman–Crippen LogP) is 1.73. The molecular weight excluding hydrogens is 192 g/mol. The largest absolute Gasteiger partial charge is 0.618 e. The second kappa shape index (κ2) is 6.35. The van der Waals surface area contributed by atoms with E-state index in [9.17, 15) is 5.21 Å². The molecule has 1 aromatic heterocycles. The first-order valence-electron chi connectivity index (χ1n) is 5.36. The molecule has 0 saturated carbocycles. The quantitative estimate of drug-likeness (QED) is 0.408. The summed E-state index contributed by atoms with van der Waals surface area (Å²) < 4.78 is 6.22. The number of unbranched alkanes of at least 4 members (excludes halogenated alkanes) is 2.